The Morgan fingerprint density at radius 2 is 1.95 bits per heavy atom. The van der Waals surface area contributed by atoms with Gasteiger partial charge in [-0.2, -0.15) is 0 Å². The fraction of sp³-hybridized carbons (Fsp3) is 0. The highest BCUT2D eigenvalue weighted by Crippen LogP contribution is 2.34. The van der Waals surface area contributed by atoms with Crippen LogP contribution in [-0.4, -0.2) is 15.9 Å². The Labute approximate surface area is 119 Å². The minimum atomic E-state index is -0.589. The first-order chi connectivity index (χ1) is 10.1. The Morgan fingerprint density at radius 3 is 2.67 bits per heavy atom. The van der Waals surface area contributed by atoms with E-state index >= 15 is 0 Å². The molecular formula is C15H10N2O4. The fourth-order valence-corrected chi connectivity index (χ4v) is 2.21. The molecule has 1 amide bonds. The van der Waals surface area contributed by atoms with Gasteiger partial charge in [-0.25, -0.2) is 0 Å². The molecule has 0 aliphatic carbocycles. The number of hydrogen-bond acceptors (Lipinski definition) is 4. The molecule has 6 heteroatoms. The Kier molecular flexibility index (Phi) is 2.91. The number of non-ortho nitro benzene ring substituents is 1. The van der Waals surface area contributed by atoms with Gasteiger partial charge in [-0.1, -0.05) is 18.2 Å². The number of para-hydroxylation sites is 1. The maximum Gasteiger partial charge on any atom is 0.273 e. The summed E-state index contributed by atoms with van der Waals surface area (Å²) in [5.41, 5.74) is 2.00. The summed E-state index contributed by atoms with van der Waals surface area (Å²) in [6.07, 6.45) is 1.51. The van der Waals surface area contributed by atoms with E-state index in [-0.39, 0.29) is 17.3 Å². The quantitative estimate of drug-likeness (QED) is 0.503. The highest BCUT2D eigenvalue weighted by Gasteiger charge is 2.23. The number of nitro benzene ring substituents is 1. The molecule has 0 bridgehead atoms. The van der Waals surface area contributed by atoms with Crippen LogP contribution in [0.1, 0.15) is 11.1 Å². The van der Waals surface area contributed by atoms with Crippen LogP contribution in [0.25, 0.3) is 11.6 Å². The summed E-state index contributed by atoms with van der Waals surface area (Å²) in [6.45, 7) is 0. The molecule has 2 aromatic carbocycles. The molecule has 1 aliphatic heterocycles. The van der Waals surface area contributed by atoms with Gasteiger partial charge in [-0.3, -0.25) is 14.9 Å². The van der Waals surface area contributed by atoms with Crippen LogP contribution >= 0.6 is 0 Å². The minimum absolute atomic E-state index is 0.203. The first kappa shape index (κ1) is 12.9. The van der Waals surface area contributed by atoms with Crippen molar-refractivity contribution in [3.8, 4) is 5.75 Å². The molecule has 0 saturated carbocycles. The number of phenolic OH excluding ortho intramolecular Hbond substituents is 1. The summed E-state index contributed by atoms with van der Waals surface area (Å²) in [4.78, 5) is 22.0. The second-order valence-electron chi connectivity index (χ2n) is 4.56. The number of hydrogen-bond donors (Lipinski definition) is 2. The highest BCUT2D eigenvalue weighted by atomic mass is 16.6. The van der Waals surface area contributed by atoms with Crippen LogP contribution in [-0.2, 0) is 4.79 Å². The summed E-state index contributed by atoms with van der Waals surface area (Å²) >= 11 is 0. The van der Waals surface area contributed by atoms with E-state index in [0.717, 1.165) is 11.6 Å². The lowest BCUT2D eigenvalue weighted by atomic mass is 10.0. The Hall–Kier alpha value is -3.15. The van der Waals surface area contributed by atoms with Gasteiger partial charge in [-0.05, 0) is 18.2 Å². The first-order valence-corrected chi connectivity index (χ1v) is 6.16. The molecule has 104 valence electrons. The summed E-state index contributed by atoms with van der Waals surface area (Å²) in [5, 5.41) is 23.2. The zero-order valence-electron chi connectivity index (χ0n) is 10.7. The zero-order valence-corrected chi connectivity index (χ0v) is 10.7. The standard InChI is InChI=1S/C15H10N2O4/c18-14-8-10(17(20)21)6-5-9(14)7-12-11-3-1-2-4-13(11)16-15(12)19/h1-8,18H,(H,16,19)/b12-7-. The van der Waals surface area contributed by atoms with Crippen LogP contribution in [0.4, 0.5) is 11.4 Å². The molecular weight excluding hydrogens is 272 g/mol. The van der Waals surface area contributed by atoms with Gasteiger partial charge in [0.15, 0.2) is 0 Å². The molecule has 2 aromatic rings. The monoisotopic (exact) mass is 282 g/mol. The number of nitro groups is 1. The third-order valence-electron chi connectivity index (χ3n) is 3.23. The SMILES string of the molecule is O=C1Nc2ccccc2/C1=C/c1ccc([N+](=O)[O-])cc1O. The van der Waals surface area contributed by atoms with E-state index < -0.39 is 4.92 Å². The molecule has 21 heavy (non-hydrogen) atoms. The van der Waals surface area contributed by atoms with E-state index in [1.807, 2.05) is 12.1 Å². The van der Waals surface area contributed by atoms with Crippen molar-refractivity contribution in [2.45, 2.75) is 0 Å². The third kappa shape index (κ3) is 2.23. The van der Waals surface area contributed by atoms with E-state index in [1.54, 1.807) is 12.1 Å². The van der Waals surface area contributed by atoms with E-state index in [9.17, 15) is 20.0 Å². The Bertz CT molecular complexity index is 796. The molecule has 0 fully saturated rings. The summed E-state index contributed by atoms with van der Waals surface area (Å²) < 4.78 is 0. The van der Waals surface area contributed by atoms with Gasteiger partial charge in [0.2, 0.25) is 0 Å². The van der Waals surface area contributed by atoms with Crippen molar-refractivity contribution in [1.29, 1.82) is 0 Å². The Balaban J connectivity index is 2.07. The van der Waals surface area contributed by atoms with Crippen molar-refractivity contribution in [3.05, 3.63) is 63.7 Å². The van der Waals surface area contributed by atoms with Gasteiger partial charge in [0.25, 0.3) is 11.6 Å². The van der Waals surface area contributed by atoms with Crippen LogP contribution in [0, 0.1) is 10.1 Å². The lowest BCUT2D eigenvalue weighted by molar-refractivity contribution is -0.384. The van der Waals surface area contributed by atoms with Crippen LogP contribution < -0.4 is 5.32 Å². The lowest BCUT2D eigenvalue weighted by Gasteiger charge is -2.01. The first-order valence-electron chi connectivity index (χ1n) is 6.16. The number of phenols is 1. The van der Waals surface area contributed by atoms with Gasteiger partial charge in [0.05, 0.1) is 11.0 Å². The maximum atomic E-state index is 12.0. The van der Waals surface area contributed by atoms with Crippen molar-refractivity contribution in [2.75, 3.05) is 5.32 Å². The molecule has 1 heterocycles. The van der Waals surface area contributed by atoms with E-state index in [2.05, 4.69) is 5.32 Å². The fourth-order valence-electron chi connectivity index (χ4n) is 2.21. The van der Waals surface area contributed by atoms with Gasteiger partial charge < -0.3 is 10.4 Å². The smallest absolute Gasteiger partial charge is 0.273 e. The number of rotatable bonds is 2. The normalized spacial score (nSPS) is 14.9. The van der Waals surface area contributed by atoms with E-state index in [0.29, 0.717) is 16.8 Å². The summed E-state index contributed by atoms with van der Waals surface area (Å²) in [6, 6.07) is 10.9. The average Bonchev–Trinajstić information content (AvgIpc) is 2.77. The van der Waals surface area contributed by atoms with Gasteiger partial charge >= 0.3 is 0 Å². The van der Waals surface area contributed by atoms with Gasteiger partial charge in [0, 0.05) is 28.5 Å². The Morgan fingerprint density at radius 1 is 1.19 bits per heavy atom. The number of nitrogens with zero attached hydrogens (tertiary/aromatic N) is 1. The molecule has 6 nitrogen and oxygen atoms in total. The lowest BCUT2D eigenvalue weighted by Crippen LogP contribution is -2.03. The highest BCUT2D eigenvalue weighted by molar-refractivity contribution is 6.35. The second-order valence-corrected chi connectivity index (χ2v) is 4.56. The zero-order chi connectivity index (χ0) is 15.0. The number of anilines is 1. The average molecular weight is 282 g/mol. The van der Waals surface area contributed by atoms with Crippen LogP contribution in [0.2, 0.25) is 0 Å². The molecule has 3 rings (SSSR count). The molecule has 0 unspecified atom stereocenters. The van der Waals surface area contributed by atoms with Crippen molar-refractivity contribution < 1.29 is 14.8 Å². The van der Waals surface area contributed by atoms with E-state index in [4.69, 9.17) is 0 Å². The number of benzene rings is 2. The molecule has 1 aliphatic rings. The molecule has 0 atom stereocenters. The van der Waals surface area contributed by atoms with Gasteiger partial charge in [0.1, 0.15) is 5.75 Å². The molecule has 2 N–H and O–H groups in total. The predicted molar refractivity (Wildman–Crippen MR) is 77.7 cm³/mol. The van der Waals surface area contributed by atoms with Crippen LogP contribution in [0.3, 0.4) is 0 Å². The van der Waals surface area contributed by atoms with Gasteiger partial charge in [-0.15, -0.1) is 0 Å². The summed E-state index contributed by atoms with van der Waals surface area (Å²) in [5.74, 6) is -0.511. The number of carbonyl (C=O) groups excluding carboxylic acids is 1. The van der Waals surface area contributed by atoms with E-state index in [1.165, 1.54) is 18.2 Å². The van der Waals surface area contributed by atoms with Crippen molar-refractivity contribution in [2.24, 2.45) is 0 Å². The topological polar surface area (TPSA) is 92.5 Å². The molecule has 0 saturated heterocycles. The molecule has 0 aromatic heterocycles. The largest absolute Gasteiger partial charge is 0.507 e. The van der Waals surface area contributed by atoms with Crippen molar-refractivity contribution in [3.63, 3.8) is 0 Å². The number of amides is 1. The maximum absolute atomic E-state index is 12.0. The third-order valence-corrected chi connectivity index (χ3v) is 3.23. The minimum Gasteiger partial charge on any atom is -0.507 e. The van der Waals surface area contributed by atoms with Crippen LogP contribution in [0.15, 0.2) is 42.5 Å². The number of aromatic hydroxyl groups is 1. The van der Waals surface area contributed by atoms with Crippen LogP contribution in [0.5, 0.6) is 5.75 Å². The molecule has 0 spiro atoms. The second kappa shape index (κ2) is 4.75. The number of carbonyl (C=O) groups is 1. The predicted octanol–water partition coefficient (Wildman–Crippen LogP) is 2.79. The number of fused-ring (bicyclic) bond motifs is 1. The number of nitrogens with one attached hydrogen (secondary N) is 1. The van der Waals surface area contributed by atoms with Crippen molar-refractivity contribution >= 4 is 28.9 Å². The summed E-state index contributed by atoms with van der Waals surface area (Å²) in [7, 11) is 0. The molecule has 0 radical (unpaired) electrons. The van der Waals surface area contributed by atoms with Crippen molar-refractivity contribution in [1.82, 2.24) is 0 Å².